The molecule has 6 nitrogen and oxygen atoms in total. The van der Waals surface area contributed by atoms with E-state index in [9.17, 15) is 14.9 Å². The van der Waals surface area contributed by atoms with E-state index in [1.807, 2.05) is 32.8 Å². The second-order valence-electron chi connectivity index (χ2n) is 5.49. The molecule has 0 amide bonds. The number of ether oxygens (including phenoxy) is 1. The second-order valence-corrected chi connectivity index (χ2v) is 5.49. The van der Waals surface area contributed by atoms with Crippen LogP contribution in [0.4, 0.5) is 5.69 Å². The van der Waals surface area contributed by atoms with E-state index in [-0.39, 0.29) is 22.6 Å². The van der Waals surface area contributed by atoms with E-state index in [1.165, 1.54) is 25.1 Å². The van der Waals surface area contributed by atoms with Crippen LogP contribution in [0.5, 0.6) is 5.75 Å². The lowest BCUT2D eigenvalue weighted by atomic mass is 10.1. The van der Waals surface area contributed by atoms with Crippen molar-refractivity contribution in [2.45, 2.75) is 26.3 Å². The van der Waals surface area contributed by atoms with Crippen LogP contribution < -0.4 is 4.74 Å². The summed E-state index contributed by atoms with van der Waals surface area (Å²) in [6.45, 7) is 5.75. The third-order valence-corrected chi connectivity index (χ3v) is 3.35. The normalized spacial score (nSPS) is 11.5. The molecule has 0 spiro atoms. The molecular weight excluding hydrogens is 260 g/mol. The first kappa shape index (κ1) is 16.1. The molecule has 0 unspecified atom stereocenters. The molecule has 0 aliphatic carbocycles. The van der Waals surface area contributed by atoms with Gasteiger partial charge in [0.2, 0.25) is 0 Å². The number of nitro groups is 1. The van der Waals surface area contributed by atoms with Crippen LogP contribution in [-0.4, -0.2) is 41.8 Å². The van der Waals surface area contributed by atoms with Crippen molar-refractivity contribution >= 4 is 11.5 Å². The van der Waals surface area contributed by atoms with Crippen molar-refractivity contribution in [3.8, 4) is 5.75 Å². The maximum atomic E-state index is 11.5. The highest BCUT2D eigenvalue weighted by atomic mass is 16.6. The van der Waals surface area contributed by atoms with Crippen molar-refractivity contribution < 1.29 is 14.5 Å². The summed E-state index contributed by atoms with van der Waals surface area (Å²) in [5, 5.41) is 10.8. The molecule has 0 saturated heterocycles. The molecule has 0 aromatic heterocycles. The van der Waals surface area contributed by atoms with Crippen LogP contribution in [-0.2, 0) is 0 Å². The van der Waals surface area contributed by atoms with Gasteiger partial charge in [-0.05, 0) is 47.0 Å². The molecule has 0 fully saturated rings. The summed E-state index contributed by atoms with van der Waals surface area (Å²) < 4.78 is 5.64. The summed E-state index contributed by atoms with van der Waals surface area (Å²) >= 11 is 0. The first-order chi connectivity index (χ1) is 9.15. The molecule has 0 N–H and O–H groups in total. The number of benzene rings is 1. The fraction of sp³-hybridized carbons (Fsp3) is 0.500. The largest absolute Gasteiger partial charge is 0.492 e. The Morgan fingerprint density at radius 1 is 1.40 bits per heavy atom. The molecule has 0 saturated carbocycles. The Bertz CT molecular complexity index is 524. The smallest absolute Gasteiger partial charge is 0.280 e. The quantitative estimate of drug-likeness (QED) is 0.455. The Morgan fingerprint density at radius 3 is 2.45 bits per heavy atom. The highest BCUT2D eigenvalue weighted by Gasteiger charge is 2.23. The molecule has 20 heavy (non-hydrogen) atoms. The van der Waals surface area contributed by atoms with Gasteiger partial charge in [-0.3, -0.25) is 14.9 Å². The van der Waals surface area contributed by atoms with E-state index in [1.54, 1.807) is 0 Å². The standard InChI is InChI=1S/C14H20N2O4/c1-10(17)12-8-11(6-7-13(12)16(18)19)20-9-14(2,3)15(4)5/h6-8H,9H2,1-5H3. The average molecular weight is 280 g/mol. The van der Waals surface area contributed by atoms with Crippen molar-refractivity contribution in [1.29, 1.82) is 0 Å². The van der Waals surface area contributed by atoms with Gasteiger partial charge in [0, 0.05) is 11.6 Å². The molecule has 0 bridgehead atoms. The number of hydrogen-bond donors (Lipinski definition) is 0. The summed E-state index contributed by atoms with van der Waals surface area (Å²) in [5.41, 5.74) is -0.315. The summed E-state index contributed by atoms with van der Waals surface area (Å²) in [6, 6.07) is 4.23. The number of nitro benzene ring substituents is 1. The van der Waals surface area contributed by atoms with Crippen molar-refractivity contribution in [2.75, 3.05) is 20.7 Å². The predicted molar refractivity (Wildman–Crippen MR) is 76.4 cm³/mol. The van der Waals surface area contributed by atoms with Gasteiger partial charge in [-0.2, -0.15) is 0 Å². The molecule has 1 aromatic carbocycles. The number of likely N-dealkylation sites (N-methyl/N-ethyl adjacent to an activating group) is 1. The Balaban J connectivity index is 2.96. The first-order valence-corrected chi connectivity index (χ1v) is 6.25. The van der Waals surface area contributed by atoms with Crippen LogP contribution in [0.15, 0.2) is 18.2 Å². The summed E-state index contributed by atoms with van der Waals surface area (Å²) in [6.07, 6.45) is 0. The molecule has 1 rings (SSSR count). The van der Waals surface area contributed by atoms with Gasteiger partial charge in [0.25, 0.3) is 5.69 Å². The van der Waals surface area contributed by atoms with Gasteiger partial charge in [0.05, 0.1) is 10.5 Å². The molecule has 110 valence electrons. The van der Waals surface area contributed by atoms with Gasteiger partial charge in [0.1, 0.15) is 12.4 Å². The second kappa shape index (κ2) is 6.00. The minimum atomic E-state index is -0.565. The Kier molecular flexibility index (Phi) is 4.83. The van der Waals surface area contributed by atoms with Crippen LogP contribution in [0.3, 0.4) is 0 Å². The zero-order valence-corrected chi connectivity index (χ0v) is 12.5. The van der Waals surface area contributed by atoms with Crippen LogP contribution in [0.1, 0.15) is 31.1 Å². The third kappa shape index (κ3) is 3.77. The highest BCUT2D eigenvalue weighted by Crippen LogP contribution is 2.25. The maximum absolute atomic E-state index is 11.5. The first-order valence-electron chi connectivity index (χ1n) is 6.25. The lowest BCUT2D eigenvalue weighted by Gasteiger charge is -2.32. The molecule has 0 atom stereocenters. The van der Waals surface area contributed by atoms with Gasteiger partial charge < -0.3 is 9.64 Å². The van der Waals surface area contributed by atoms with Crippen molar-refractivity contribution in [1.82, 2.24) is 4.90 Å². The summed E-state index contributed by atoms with van der Waals surface area (Å²) in [5.74, 6) is 0.102. The fourth-order valence-electron chi connectivity index (χ4n) is 1.44. The van der Waals surface area contributed by atoms with E-state index in [2.05, 4.69) is 0 Å². The molecule has 1 aromatic rings. The third-order valence-electron chi connectivity index (χ3n) is 3.35. The minimum absolute atomic E-state index is 0.0650. The van der Waals surface area contributed by atoms with Crippen molar-refractivity contribution in [3.63, 3.8) is 0 Å². The average Bonchev–Trinajstić information content (AvgIpc) is 2.35. The zero-order valence-electron chi connectivity index (χ0n) is 12.5. The number of hydrogen-bond acceptors (Lipinski definition) is 5. The van der Waals surface area contributed by atoms with E-state index < -0.39 is 4.92 Å². The molecular formula is C14H20N2O4. The summed E-state index contributed by atoms with van der Waals surface area (Å²) in [4.78, 5) is 23.8. The lowest BCUT2D eigenvalue weighted by Crippen LogP contribution is -2.43. The Labute approximate surface area is 118 Å². The number of rotatable bonds is 6. The predicted octanol–water partition coefficient (Wildman–Crippen LogP) is 2.52. The Morgan fingerprint density at radius 2 is 2.00 bits per heavy atom. The van der Waals surface area contributed by atoms with Gasteiger partial charge in [-0.15, -0.1) is 0 Å². The monoisotopic (exact) mass is 280 g/mol. The number of ketones is 1. The van der Waals surface area contributed by atoms with E-state index >= 15 is 0 Å². The van der Waals surface area contributed by atoms with Crippen molar-refractivity contribution in [3.05, 3.63) is 33.9 Å². The molecule has 0 heterocycles. The number of carbonyl (C=O) groups excluding carboxylic acids is 1. The van der Waals surface area contributed by atoms with Crippen LogP contribution in [0, 0.1) is 10.1 Å². The molecule has 6 heteroatoms. The van der Waals surface area contributed by atoms with Crippen LogP contribution in [0.25, 0.3) is 0 Å². The highest BCUT2D eigenvalue weighted by molar-refractivity contribution is 5.98. The number of nitrogens with zero attached hydrogens (tertiary/aromatic N) is 2. The zero-order chi connectivity index (χ0) is 15.5. The topological polar surface area (TPSA) is 72.7 Å². The molecule has 0 aliphatic rings. The number of carbonyl (C=O) groups is 1. The van der Waals surface area contributed by atoms with E-state index in [0.717, 1.165) is 0 Å². The molecule has 0 radical (unpaired) electrons. The van der Waals surface area contributed by atoms with Gasteiger partial charge in [-0.25, -0.2) is 0 Å². The van der Waals surface area contributed by atoms with Crippen LogP contribution >= 0.6 is 0 Å². The molecule has 0 aliphatic heterocycles. The Hall–Kier alpha value is -1.95. The minimum Gasteiger partial charge on any atom is -0.492 e. The van der Waals surface area contributed by atoms with Gasteiger partial charge in [-0.1, -0.05) is 0 Å². The van der Waals surface area contributed by atoms with Crippen molar-refractivity contribution in [2.24, 2.45) is 0 Å². The lowest BCUT2D eigenvalue weighted by molar-refractivity contribution is -0.385. The van der Waals surface area contributed by atoms with Crippen LogP contribution in [0.2, 0.25) is 0 Å². The van der Waals surface area contributed by atoms with Gasteiger partial charge in [0.15, 0.2) is 5.78 Å². The SMILES string of the molecule is CC(=O)c1cc(OCC(C)(C)N(C)C)ccc1[N+](=O)[O-]. The number of Topliss-reactive ketones (excluding diaryl/α,β-unsaturated/α-hetero) is 1. The summed E-state index contributed by atoms with van der Waals surface area (Å²) in [7, 11) is 3.89. The van der Waals surface area contributed by atoms with E-state index in [4.69, 9.17) is 4.74 Å². The van der Waals surface area contributed by atoms with Gasteiger partial charge >= 0.3 is 0 Å². The fourth-order valence-corrected chi connectivity index (χ4v) is 1.44. The van der Waals surface area contributed by atoms with E-state index in [0.29, 0.717) is 12.4 Å². The maximum Gasteiger partial charge on any atom is 0.280 e.